The van der Waals surface area contributed by atoms with Gasteiger partial charge in [-0.15, -0.1) is 0 Å². The average molecular weight is 728 g/mol. The van der Waals surface area contributed by atoms with Crippen LogP contribution in [0.25, 0.3) is 34.4 Å². The quantitative estimate of drug-likeness (QED) is 0.161. The van der Waals surface area contributed by atoms with Crippen molar-refractivity contribution < 1.29 is 0 Å². The van der Waals surface area contributed by atoms with E-state index in [1.807, 2.05) is 6.08 Å². The Kier molecular flexibility index (Phi) is 8.08. The summed E-state index contributed by atoms with van der Waals surface area (Å²) in [4.78, 5) is 2.42. The third kappa shape index (κ3) is 5.63. The number of fused-ring (bicyclic) bond motifs is 4. The van der Waals surface area contributed by atoms with Crippen molar-refractivity contribution in [2.75, 3.05) is 4.90 Å². The van der Waals surface area contributed by atoms with Gasteiger partial charge in [0.05, 0.1) is 5.69 Å². The molecular weight excluding hydrogens is 690 g/mol. The summed E-state index contributed by atoms with van der Waals surface area (Å²) in [5.74, 6) is 1.26. The molecule has 3 aliphatic rings. The summed E-state index contributed by atoms with van der Waals surface area (Å²) >= 11 is 7.34. The van der Waals surface area contributed by atoms with E-state index in [0.717, 1.165) is 20.3 Å². The molecule has 3 aliphatic carbocycles. The highest BCUT2D eigenvalue weighted by atomic mass is 79.9. The van der Waals surface area contributed by atoms with Gasteiger partial charge in [-0.05, 0) is 137 Å². The first-order valence-corrected chi connectivity index (χ1v) is 18.2. The molecule has 1 unspecified atom stereocenters. The molecule has 2 bridgehead atoms. The van der Waals surface area contributed by atoms with Crippen LogP contribution in [0.4, 0.5) is 17.1 Å². The Morgan fingerprint density at radius 2 is 1.26 bits per heavy atom. The molecule has 1 atom stereocenters. The average Bonchev–Trinajstić information content (AvgIpc) is 3.77. The van der Waals surface area contributed by atoms with Gasteiger partial charge < -0.3 is 4.90 Å². The summed E-state index contributed by atoms with van der Waals surface area (Å²) in [7, 11) is 0. The Morgan fingerprint density at radius 1 is 0.630 bits per heavy atom. The Hall–Kier alpha value is -3.66. The molecule has 5 aromatic carbocycles. The third-order valence-electron chi connectivity index (χ3n) is 10.4. The lowest BCUT2D eigenvalue weighted by Crippen LogP contribution is -2.11. The second-order valence-electron chi connectivity index (χ2n) is 13.1. The molecule has 8 rings (SSSR count). The van der Waals surface area contributed by atoms with Crippen LogP contribution in [0.3, 0.4) is 0 Å². The van der Waals surface area contributed by atoms with Crippen LogP contribution in [0.2, 0.25) is 0 Å². The van der Waals surface area contributed by atoms with Crippen molar-refractivity contribution in [3.63, 3.8) is 0 Å². The number of hydrogen-bond acceptors (Lipinski definition) is 1. The second kappa shape index (κ2) is 12.5. The Balaban J connectivity index is 1.33. The highest BCUT2D eigenvalue weighted by Gasteiger charge is 2.28. The number of benzene rings is 5. The fourth-order valence-corrected chi connectivity index (χ4v) is 8.53. The van der Waals surface area contributed by atoms with Crippen LogP contribution in [0.5, 0.6) is 0 Å². The maximum atomic E-state index is 4.16. The first-order valence-electron chi connectivity index (χ1n) is 16.6. The van der Waals surface area contributed by atoms with E-state index in [0.29, 0.717) is 11.8 Å². The molecule has 5 aromatic rings. The third-order valence-corrected chi connectivity index (χ3v) is 11.4. The Labute approximate surface area is 290 Å². The first kappa shape index (κ1) is 29.7. The molecule has 0 aromatic heterocycles. The van der Waals surface area contributed by atoms with Crippen LogP contribution < -0.4 is 4.90 Å². The van der Waals surface area contributed by atoms with E-state index in [2.05, 4.69) is 153 Å². The van der Waals surface area contributed by atoms with Gasteiger partial charge in [-0.25, -0.2) is 0 Å². The SMILES string of the molecule is C=Cc1ccc(-c2ccc(-c3ccc4c(c3)C3CCC(=C4)C3)c(N(c3ccc(Br)cc3)c3ccc(Br)cc3)c2)cc1C1CCCC1. The molecule has 2 fully saturated rings. The predicted molar refractivity (Wildman–Crippen MR) is 203 cm³/mol. The summed E-state index contributed by atoms with van der Waals surface area (Å²) < 4.78 is 2.14. The topological polar surface area (TPSA) is 3.24 Å². The fraction of sp³-hybridized carbons (Fsp3) is 0.209. The molecule has 0 saturated heterocycles. The largest absolute Gasteiger partial charge is 0.310 e. The molecule has 0 heterocycles. The van der Waals surface area contributed by atoms with E-state index in [1.165, 1.54) is 95.1 Å². The van der Waals surface area contributed by atoms with Crippen LogP contribution in [0.1, 0.15) is 79.0 Å². The summed E-state index contributed by atoms with van der Waals surface area (Å²) in [6.07, 6.45) is 13.4. The van der Waals surface area contributed by atoms with Crippen molar-refractivity contribution >= 4 is 61.1 Å². The van der Waals surface area contributed by atoms with Gasteiger partial charge in [-0.3, -0.25) is 0 Å². The van der Waals surface area contributed by atoms with Crippen LogP contribution in [0.15, 0.2) is 124 Å². The van der Waals surface area contributed by atoms with E-state index < -0.39 is 0 Å². The monoisotopic (exact) mass is 725 g/mol. The van der Waals surface area contributed by atoms with Gasteiger partial charge >= 0.3 is 0 Å². The second-order valence-corrected chi connectivity index (χ2v) is 15.0. The van der Waals surface area contributed by atoms with Gasteiger partial charge in [-0.1, -0.05) is 118 Å². The lowest BCUT2D eigenvalue weighted by atomic mass is 9.85. The van der Waals surface area contributed by atoms with E-state index in [4.69, 9.17) is 0 Å². The van der Waals surface area contributed by atoms with Gasteiger partial charge in [0.1, 0.15) is 0 Å². The van der Waals surface area contributed by atoms with E-state index in [1.54, 1.807) is 5.57 Å². The predicted octanol–water partition coefficient (Wildman–Crippen LogP) is 14.0. The molecule has 0 N–H and O–H groups in total. The molecule has 0 radical (unpaired) electrons. The number of hydrogen-bond donors (Lipinski definition) is 0. The van der Waals surface area contributed by atoms with Crippen LogP contribution >= 0.6 is 31.9 Å². The van der Waals surface area contributed by atoms with Crippen molar-refractivity contribution in [2.45, 2.75) is 56.8 Å². The maximum absolute atomic E-state index is 4.16. The molecular formula is C43H37Br2N. The molecule has 3 heteroatoms. The van der Waals surface area contributed by atoms with Crippen molar-refractivity contribution in [1.29, 1.82) is 0 Å². The van der Waals surface area contributed by atoms with E-state index in [9.17, 15) is 0 Å². The van der Waals surface area contributed by atoms with Gasteiger partial charge in [-0.2, -0.15) is 0 Å². The number of rotatable bonds is 7. The van der Waals surface area contributed by atoms with Crippen molar-refractivity contribution in [3.05, 3.63) is 146 Å². The molecule has 2 saturated carbocycles. The van der Waals surface area contributed by atoms with Crippen LogP contribution in [0, 0.1) is 0 Å². The smallest absolute Gasteiger partial charge is 0.0546 e. The van der Waals surface area contributed by atoms with Gasteiger partial charge in [0, 0.05) is 25.9 Å². The lowest BCUT2D eigenvalue weighted by molar-refractivity contribution is 0.722. The number of nitrogens with zero attached hydrogens (tertiary/aromatic N) is 1. The Bertz CT molecular complexity index is 1920. The maximum Gasteiger partial charge on any atom is 0.0546 e. The molecule has 0 aliphatic heterocycles. The molecule has 0 spiro atoms. The summed E-state index contributed by atoms with van der Waals surface area (Å²) in [5.41, 5.74) is 15.7. The molecule has 46 heavy (non-hydrogen) atoms. The summed E-state index contributed by atoms with van der Waals surface area (Å²) in [6.45, 7) is 4.16. The zero-order chi connectivity index (χ0) is 31.2. The van der Waals surface area contributed by atoms with E-state index in [-0.39, 0.29) is 0 Å². The minimum Gasteiger partial charge on any atom is -0.310 e. The minimum absolute atomic E-state index is 0.620. The normalized spacial score (nSPS) is 17.1. The van der Waals surface area contributed by atoms with Gasteiger partial charge in [0.25, 0.3) is 0 Å². The van der Waals surface area contributed by atoms with Crippen LogP contribution in [-0.4, -0.2) is 0 Å². The van der Waals surface area contributed by atoms with E-state index >= 15 is 0 Å². The molecule has 0 amide bonds. The van der Waals surface area contributed by atoms with Crippen LogP contribution in [-0.2, 0) is 0 Å². The fourth-order valence-electron chi connectivity index (χ4n) is 8.00. The summed E-state index contributed by atoms with van der Waals surface area (Å²) in [5, 5.41) is 0. The van der Waals surface area contributed by atoms with Crippen molar-refractivity contribution in [1.82, 2.24) is 0 Å². The zero-order valence-electron chi connectivity index (χ0n) is 26.0. The molecule has 228 valence electrons. The highest BCUT2D eigenvalue weighted by Crippen LogP contribution is 2.48. The van der Waals surface area contributed by atoms with Gasteiger partial charge in [0.2, 0.25) is 0 Å². The number of anilines is 3. The zero-order valence-corrected chi connectivity index (χ0v) is 29.2. The van der Waals surface area contributed by atoms with Gasteiger partial charge in [0.15, 0.2) is 0 Å². The standard InChI is InChI=1S/C43H37Br2N/c1-2-29-9-10-31(25-41(29)30-5-3-4-6-30)32-13-22-40(35-12-11-34-24-28-7-8-33(23-28)42(34)26-35)43(27-32)46(38-18-14-36(44)15-19-38)39-20-16-37(45)17-21-39/h2,9-22,24-27,30,33H,1,3-8,23H2. The van der Waals surface area contributed by atoms with Crippen molar-refractivity contribution in [3.8, 4) is 22.3 Å². The highest BCUT2D eigenvalue weighted by molar-refractivity contribution is 9.10. The minimum atomic E-state index is 0.620. The van der Waals surface area contributed by atoms with Crippen molar-refractivity contribution in [2.24, 2.45) is 0 Å². The first-order chi connectivity index (χ1) is 22.5. The lowest BCUT2D eigenvalue weighted by Gasteiger charge is -2.29. The number of halogens is 2. The summed E-state index contributed by atoms with van der Waals surface area (Å²) in [6, 6.07) is 38.6. The number of allylic oxidation sites excluding steroid dienone is 1. The Morgan fingerprint density at radius 3 is 1.96 bits per heavy atom. The molecule has 1 nitrogen and oxygen atoms in total.